The molecule has 14 nitrogen and oxygen atoms in total. The number of methoxy groups -OCH3 is 4. The van der Waals surface area contributed by atoms with Crippen LogP contribution >= 0.6 is 0 Å². The van der Waals surface area contributed by atoms with Crippen molar-refractivity contribution in [2.24, 2.45) is 0 Å². The Morgan fingerprint density at radius 3 is 2.19 bits per heavy atom. The fourth-order valence-electron chi connectivity index (χ4n) is 3.82. The largest absolute Gasteiger partial charge is 0.493 e. The monoisotopic (exact) mass is 578 g/mol. The molecular weight excluding hydrogens is 552 g/mol. The summed E-state index contributed by atoms with van der Waals surface area (Å²) < 4.78 is 31.2. The van der Waals surface area contributed by atoms with Crippen LogP contribution in [0.3, 0.4) is 0 Å². The van der Waals surface area contributed by atoms with Gasteiger partial charge < -0.3 is 38.5 Å². The van der Waals surface area contributed by atoms with Gasteiger partial charge in [-0.2, -0.15) is 4.98 Å². The maximum absolute atomic E-state index is 12.8. The second-order valence-corrected chi connectivity index (χ2v) is 8.36. The highest BCUT2D eigenvalue weighted by atomic mass is 16.6. The first kappa shape index (κ1) is 29.3. The van der Waals surface area contributed by atoms with Crippen molar-refractivity contribution in [1.29, 1.82) is 0 Å². The molecule has 0 aliphatic heterocycles. The number of para-hydroxylation sites is 3. The van der Waals surface area contributed by atoms with Gasteiger partial charge in [-0.25, -0.2) is 19.6 Å². The number of aromatic amines is 1. The molecule has 2 aromatic heterocycles. The summed E-state index contributed by atoms with van der Waals surface area (Å²) in [4.78, 5) is 52.1. The number of aromatic hydroxyl groups is 1. The molecule has 0 saturated heterocycles. The van der Waals surface area contributed by atoms with Gasteiger partial charge >= 0.3 is 11.9 Å². The molecule has 0 bridgehead atoms. The lowest BCUT2D eigenvalue weighted by molar-refractivity contribution is -0.163. The van der Waals surface area contributed by atoms with Crippen LogP contribution in [0.1, 0.15) is 11.3 Å². The van der Waals surface area contributed by atoms with Crippen molar-refractivity contribution >= 4 is 11.9 Å². The molecule has 0 fully saturated rings. The third kappa shape index (κ3) is 6.38. The van der Waals surface area contributed by atoms with E-state index in [1.165, 1.54) is 26.5 Å². The van der Waals surface area contributed by atoms with Crippen LogP contribution in [0.15, 0.2) is 59.5 Å². The van der Waals surface area contributed by atoms with Gasteiger partial charge in [0.25, 0.3) is 23.3 Å². The van der Waals surface area contributed by atoms with Crippen LogP contribution < -0.4 is 24.5 Å². The van der Waals surface area contributed by atoms with Crippen LogP contribution in [0.25, 0.3) is 11.6 Å². The second-order valence-electron chi connectivity index (χ2n) is 8.36. The molecule has 4 rings (SSSR count). The number of esters is 2. The third-order valence-corrected chi connectivity index (χ3v) is 5.78. The van der Waals surface area contributed by atoms with Crippen molar-refractivity contribution in [2.45, 2.75) is 12.5 Å². The minimum absolute atomic E-state index is 0.0200. The minimum atomic E-state index is -1.67. The van der Waals surface area contributed by atoms with Crippen LogP contribution in [-0.2, 0) is 25.5 Å². The number of H-pyrrole nitrogens is 1. The number of hydrogen-bond acceptors (Lipinski definition) is 13. The molecular formula is C28H26N4O10. The summed E-state index contributed by atoms with van der Waals surface area (Å²) in [5.41, 5.74) is 0.289. The SMILES string of the molecule is COC(=O)C(Oc1cccc(Cc2ccnc(-c3nc(O)c(Oc4ccccc4OC)c(=O)[nH]3)n2)c1OC)C(=O)OC. The van der Waals surface area contributed by atoms with Gasteiger partial charge in [0.2, 0.25) is 0 Å². The molecule has 0 aliphatic rings. The number of ether oxygens (including phenoxy) is 6. The van der Waals surface area contributed by atoms with Crippen molar-refractivity contribution in [1.82, 2.24) is 19.9 Å². The first-order valence-corrected chi connectivity index (χ1v) is 12.2. The van der Waals surface area contributed by atoms with Crippen molar-refractivity contribution in [2.75, 3.05) is 28.4 Å². The molecule has 0 saturated carbocycles. The van der Waals surface area contributed by atoms with Gasteiger partial charge in [0.05, 0.1) is 28.4 Å². The molecule has 42 heavy (non-hydrogen) atoms. The topological polar surface area (TPSA) is 181 Å². The summed E-state index contributed by atoms with van der Waals surface area (Å²) in [5.74, 6) is -2.20. The molecule has 0 aliphatic carbocycles. The Hall–Kier alpha value is -5.66. The molecule has 0 amide bonds. The van der Waals surface area contributed by atoms with E-state index >= 15 is 0 Å². The molecule has 2 aromatic carbocycles. The normalized spacial score (nSPS) is 10.6. The van der Waals surface area contributed by atoms with Gasteiger partial charge in [0.1, 0.15) is 0 Å². The van der Waals surface area contributed by atoms with Crippen LogP contribution in [0.5, 0.6) is 34.6 Å². The maximum atomic E-state index is 12.8. The van der Waals surface area contributed by atoms with E-state index in [-0.39, 0.29) is 35.3 Å². The fourth-order valence-corrected chi connectivity index (χ4v) is 3.82. The van der Waals surface area contributed by atoms with Gasteiger partial charge in [-0.05, 0) is 24.3 Å². The van der Waals surface area contributed by atoms with Crippen LogP contribution in [0.2, 0.25) is 0 Å². The molecule has 0 atom stereocenters. The molecule has 0 spiro atoms. The summed E-state index contributed by atoms with van der Waals surface area (Å²) in [6.07, 6.45) is -0.0339. The smallest absolute Gasteiger partial charge is 0.359 e. The average Bonchev–Trinajstić information content (AvgIpc) is 3.01. The van der Waals surface area contributed by atoms with Gasteiger partial charge in [0, 0.05) is 23.9 Å². The molecule has 0 radical (unpaired) electrons. The lowest BCUT2D eigenvalue weighted by Crippen LogP contribution is -2.37. The number of aromatic nitrogens is 4. The van der Waals surface area contributed by atoms with E-state index in [2.05, 4.69) is 29.4 Å². The lowest BCUT2D eigenvalue weighted by Gasteiger charge is -2.18. The number of carbonyl (C=O) groups excluding carboxylic acids is 2. The lowest BCUT2D eigenvalue weighted by atomic mass is 10.1. The van der Waals surface area contributed by atoms with E-state index in [4.69, 9.17) is 18.9 Å². The average molecular weight is 579 g/mol. The highest BCUT2D eigenvalue weighted by Crippen LogP contribution is 2.34. The van der Waals surface area contributed by atoms with E-state index in [0.29, 0.717) is 17.0 Å². The van der Waals surface area contributed by atoms with E-state index in [1.807, 2.05) is 0 Å². The van der Waals surface area contributed by atoms with Crippen LogP contribution in [0.4, 0.5) is 0 Å². The minimum Gasteiger partial charge on any atom is -0.493 e. The van der Waals surface area contributed by atoms with E-state index in [9.17, 15) is 19.5 Å². The number of nitrogens with one attached hydrogen (secondary N) is 1. The Balaban J connectivity index is 1.61. The zero-order valence-corrected chi connectivity index (χ0v) is 22.9. The maximum Gasteiger partial charge on any atom is 0.359 e. The summed E-state index contributed by atoms with van der Waals surface area (Å²) in [6, 6.07) is 13.1. The molecule has 2 heterocycles. The van der Waals surface area contributed by atoms with Gasteiger partial charge in [-0.3, -0.25) is 4.79 Å². The first-order chi connectivity index (χ1) is 20.3. The quantitative estimate of drug-likeness (QED) is 0.196. The van der Waals surface area contributed by atoms with Crippen molar-refractivity contribution in [3.63, 3.8) is 0 Å². The standard InChI is InChI=1S/C28H26N4O10/c1-37-17-9-5-6-10-18(17)41-21-25(33)31-24(32-26(21)34)23-29-13-12-16(30-23)14-15-8-7-11-19(20(15)38-2)42-22(27(35)39-3)28(36)40-4/h5-13,22H,14H2,1-4H3,(H2,31,32,33,34). The van der Waals surface area contributed by atoms with Gasteiger partial charge in [-0.15, -0.1) is 0 Å². The van der Waals surface area contributed by atoms with Crippen molar-refractivity contribution in [3.05, 3.63) is 76.3 Å². The number of hydrogen-bond donors (Lipinski definition) is 2. The molecule has 14 heteroatoms. The number of nitrogens with zero attached hydrogens (tertiary/aromatic N) is 3. The zero-order valence-electron chi connectivity index (χ0n) is 22.9. The predicted molar refractivity (Wildman–Crippen MR) is 145 cm³/mol. The van der Waals surface area contributed by atoms with Gasteiger partial charge in [0.15, 0.2) is 34.6 Å². The van der Waals surface area contributed by atoms with Crippen LogP contribution in [-0.4, -0.2) is 71.5 Å². The Morgan fingerprint density at radius 2 is 1.55 bits per heavy atom. The van der Waals surface area contributed by atoms with Gasteiger partial charge in [-0.1, -0.05) is 24.3 Å². The Morgan fingerprint density at radius 1 is 0.857 bits per heavy atom. The number of benzene rings is 2. The van der Waals surface area contributed by atoms with E-state index in [1.54, 1.807) is 42.5 Å². The molecule has 2 N–H and O–H groups in total. The predicted octanol–water partition coefficient (Wildman–Crippen LogP) is 2.43. The summed E-state index contributed by atoms with van der Waals surface area (Å²) in [6.45, 7) is 0. The Labute approximate surface area is 238 Å². The Bertz CT molecular complexity index is 1640. The molecule has 218 valence electrons. The fraction of sp³-hybridized carbons (Fsp3) is 0.214. The van der Waals surface area contributed by atoms with E-state index < -0.39 is 35.2 Å². The third-order valence-electron chi connectivity index (χ3n) is 5.78. The summed E-state index contributed by atoms with van der Waals surface area (Å²) in [7, 11) is 5.07. The first-order valence-electron chi connectivity index (χ1n) is 12.2. The van der Waals surface area contributed by atoms with Crippen molar-refractivity contribution in [3.8, 4) is 46.3 Å². The highest BCUT2D eigenvalue weighted by Gasteiger charge is 2.32. The Kier molecular flexibility index (Phi) is 9.17. The summed E-state index contributed by atoms with van der Waals surface area (Å²) >= 11 is 0. The van der Waals surface area contributed by atoms with E-state index in [0.717, 1.165) is 14.2 Å². The zero-order chi connectivity index (χ0) is 30.2. The summed E-state index contributed by atoms with van der Waals surface area (Å²) in [5, 5.41) is 10.5. The molecule has 0 unspecified atom stereocenters. The second kappa shape index (κ2) is 13.1. The van der Waals surface area contributed by atoms with Crippen LogP contribution in [0, 0.1) is 0 Å². The molecule has 4 aromatic rings. The highest BCUT2D eigenvalue weighted by molar-refractivity contribution is 5.98. The van der Waals surface area contributed by atoms with Crippen molar-refractivity contribution < 1.29 is 43.1 Å². The number of carbonyl (C=O) groups is 2. The number of rotatable bonds is 11.